The second-order valence-electron chi connectivity index (χ2n) is 4.49. The van der Waals surface area contributed by atoms with Crippen LogP contribution in [0.5, 0.6) is 5.75 Å². The molecule has 1 unspecified atom stereocenters. The Morgan fingerprint density at radius 2 is 1.74 bits per heavy atom. The lowest BCUT2D eigenvalue weighted by Crippen LogP contribution is -2.12. The van der Waals surface area contributed by atoms with Gasteiger partial charge in [-0.05, 0) is 48.7 Å². The van der Waals surface area contributed by atoms with Crippen LogP contribution < -0.4 is 10.5 Å². The maximum Gasteiger partial charge on any atom is 0.126 e. The summed E-state index contributed by atoms with van der Waals surface area (Å²) in [5.41, 5.74) is 8.49. The summed E-state index contributed by atoms with van der Waals surface area (Å²) in [6.45, 7) is 4.31. The Hall–Kier alpha value is -1.87. The molecule has 2 rings (SSSR count). The smallest absolute Gasteiger partial charge is 0.126 e. The van der Waals surface area contributed by atoms with Crippen molar-refractivity contribution in [2.24, 2.45) is 5.73 Å². The molecule has 0 aliphatic heterocycles. The molecule has 0 aliphatic rings. The fourth-order valence-corrected chi connectivity index (χ4v) is 1.93. The van der Waals surface area contributed by atoms with E-state index in [1.54, 1.807) is 13.0 Å². The highest BCUT2D eigenvalue weighted by molar-refractivity contribution is 5.36. The standard InChI is InChI=1S/C16H18FNO/c1-3-19-14-8-6-12(7-9-14)16(18)13-5-4-11(2)15(17)10-13/h4-10,16H,3,18H2,1-2H3. The number of aryl methyl sites for hydroxylation is 1. The normalized spacial score (nSPS) is 12.2. The molecule has 0 radical (unpaired) electrons. The quantitative estimate of drug-likeness (QED) is 0.910. The minimum Gasteiger partial charge on any atom is -0.494 e. The van der Waals surface area contributed by atoms with Crippen molar-refractivity contribution in [1.82, 2.24) is 0 Å². The largest absolute Gasteiger partial charge is 0.494 e. The van der Waals surface area contributed by atoms with Gasteiger partial charge in [-0.25, -0.2) is 4.39 Å². The Morgan fingerprint density at radius 1 is 1.11 bits per heavy atom. The van der Waals surface area contributed by atoms with Gasteiger partial charge in [0.15, 0.2) is 0 Å². The van der Waals surface area contributed by atoms with E-state index in [1.807, 2.05) is 37.3 Å². The molecule has 2 aromatic rings. The van der Waals surface area contributed by atoms with Gasteiger partial charge >= 0.3 is 0 Å². The zero-order valence-corrected chi connectivity index (χ0v) is 11.2. The predicted octanol–water partition coefficient (Wildman–Crippen LogP) is 3.58. The van der Waals surface area contributed by atoms with Crippen molar-refractivity contribution in [2.45, 2.75) is 19.9 Å². The lowest BCUT2D eigenvalue weighted by Gasteiger charge is -2.14. The monoisotopic (exact) mass is 259 g/mol. The molecule has 0 saturated carbocycles. The van der Waals surface area contributed by atoms with Gasteiger partial charge in [0.25, 0.3) is 0 Å². The maximum atomic E-state index is 13.5. The van der Waals surface area contributed by atoms with Gasteiger partial charge in [-0.3, -0.25) is 0 Å². The van der Waals surface area contributed by atoms with Crippen molar-refractivity contribution in [3.8, 4) is 5.75 Å². The molecule has 0 spiro atoms. The molecule has 2 nitrogen and oxygen atoms in total. The third kappa shape index (κ3) is 3.12. The summed E-state index contributed by atoms with van der Waals surface area (Å²) >= 11 is 0. The number of hydrogen-bond acceptors (Lipinski definition) is 2. The molecule has 3 heteroatoms. The van der Waals surface area contributed by atoms with E-state index in [-0.39, 0.29) is 11.9 Å². The number of nitrogens with two attached hydrogens (primary N) is 1. The number of halogens is 1. The van der Waals surface area contributed by atoms with Crippen LogP contribution in [0.3, 0.4) is 0 Å². The third-order valence-electron chi connectivity index (χ3n) is 3.11. The number of benzene rings is 2. The summed E-state index contributed by atoms with van der Waals surface area (Å²) in [6, 6.07) is 12.4. The van der Waals surface area contributed by atoms with Crippen LogP contribution in [0.1, 0.15) is 29.7 Å². The third-order valence-corrected chi connectivity index (χ3v) is 3.11. The van der Waals surface area contributed by atoms with Gasteiger partial charge in [0, 0.05) is 0 Å². The maximum absolute atomic E-state index is 13.5. The Bertz CT molecular complexity index is 551. The Balaban J connectivity index is 2.22. The van der Waals surface area contributed by atoms with Gasteiger partial charge in [-0.15, -0.1) is 0 Å². The second kappa shape index (κ2) is 5.85. The van der Waals surface area contributed by atoms with Crippen LogP contribution in [0.4, 0.5) is 4.39 Å². The summed E-state index contributed by atoms with van der Waals surface area (Å²) < 4.78 is 18.9. The van der Waals surface area contributed by atoms with E-state index in [0.29, 0.717) is 12.2 Å². The fraction of sp³-hybridized carbons (Fsp3) is 0.250. The molecule has 19 heavy (non-hydrogen) atoms. The molecule has 0 bridgehead atoms. The Kier molecular flexibility index (Phi) is 4.17. The van der Waals surface area contributed by atoms with Crippen molar-refractivity contribution in [3.05, 3.63) is 65.0 Å². The van der Waals surface area contributed by atoms with Crippen LogP contribution in [0.2, 0.25) is 0 Å². The fourth-order valence-electron chi connectivity index (χ4n) is 1.93. The molecule has 2 aromatic carbocycles. The molecule has 2 N–H and O–H groups in total. The summed E-state index contributed by atoms with van der Waals surface area (Å²) in [5.74, 6) is 0.590. The van der Waals surface area contributed by atoms with Crippen LogP contribution in [0, 0.1) is 12.7 Å². The zero-order chi connectivity index (χ0) is 13.8. The lowest BCUT2D eigenvalue weighted by atomic mass is 9.98. The second-order valence-corrected chi connectivity index (χ2v) is 4.49. The van der Waals surface area contributed by atoms with Gasteiger partial charge in [0.2, 0.25) is 0 Å². The molecule has 0 aliphatic carbocycles. The van der Waals surface area contributed by atoms with Gasteiger partial charge in [0.1, 0.15) is 11.6 Å². The van der Waals surface area contributed by atoms with Crippen LogP contribution in [0.25, 0.3) is 0 Å². The SMILES string of the molecule is CCOc1ccc(C(N)c2ccc(C)c(F)c2)cc1. The molecule has 100 valence electrons. The summed E-state index contributed by atoms with van der Waals surface area (Å²) in [6.07, 6.45) is 0. The molecule has 1 atom stereocenters. The van der Waals surface area contributed by atoms with Crippen molar-refractivity contribution in [2.75, 3.05) is 6.61 Å². The predicted molar refractivity (Wildman–Crippen MR) is 74.8 cm³/mol. The number of rotatable bonds is 4. The molecule has 0 heterocycles. The molecular weight excluding hydrogens is 241 g/mol. The topological polar surface area (TPSA) is 35.2 Å². The minimum atomic E-state index is -0.328. The highest BCUT2D eigenvalue weighted by Gasteiger charge is 2.10. The lowest BCUT2D eigenvalue weighted by molar-refractivity contribution is 0.340. The molecule has 0 saturated heterocycles. The van der Waals surface area contributed by atoms with E-state index >= 15 is 0 Å². The summed E-state index contributed by atoms with van der Waals surface area (Å²) in [4.78, 5) is 0. The van der Waals surface area contributed by atoms with Crippen molar-refractivity contribution >= 4 is 0 Å². The van der Waals surface area contributed by atoms with Crippen molar-refractivity contribution in [1.29, 1.82) is 0 Å². The van der Waals surface area contributed by atoms with E-state index in [2.05, 4.69) is 0 Å². The summed E-state index contributed by atoms with van der Waals surface area (Å²) in [5, 5.41) is 0. The highest BCUT2D eigenvalue weighted by Crippen LogP contribution is 2.23. The highest BCUT2D eigenvalue weighted by atomic mass is 19.1. The zero-order valence-electron chi connectivity index (χ0n) is 11.2. The first-order valence-corrected chi connectivity index (χ1v) is 6.36. The van der Waals surface area contributed by atoms with Crippen molar-refractivity contribution in [3.63, 3.8) is 0 Å². The first-order chi connectivity index (χ1) is 9.11. The van der Waals surface area contributed by atoms with Crippen LogP contribution in [0.15, 0.2) is 42.5 Å². The number of ether oxygens (including phenoxy) is 1. The van der Waals surface area contributed by atoms with Gasteiger partial charge < -0.3 is 10.5 Å². The average Bonchev–Trinajstić information content (AvgIpc) is 2.42. The van der Waals surface area contributed by atoms with Crippen LogP contribution in [-0.4, -0.2) is 6.61 Å². The van der Waals surface area contributed by atoms with E-state index in [0.717, 1.165) is 16.9 Å². The van der Waals surface area contributed by atoms with E-state index in [9.17, 15) is 4.39 Å². The summed E-state index contributed by atoms with van der Waals surface area (Å²) in [7, 11) is 0. The first-order valence-electron chi connectivity index (χ1n) is 6.36. The van der Waals surface area contributed by atoms with Gasteiger partial charge in [-0.1, -0.05) is 24.3 Å². The Labute approximate surface area is 113 Å². The average molecular weight is 259 g/mol. The van der Waals surface area contributed by atoms with Crippen LogP contribution in [-0.2, 0) is 0 Å². The molecule has 0 aromatic heterocycles. The molecular formula is C16H18FNO. The first kappa shape index (κ1) is 13.6. The Morgan fingerprint density at radius 3 is 2.32 bits per heavy atom. The van der Waals surface area contributed by atoms with Crippen LogP contribution >= 0.6 is 0 Å². The van der Waals surface area contributed by atoms with Gasteiger partial charge in [-0.2, -0.15) is 0 Å². The van der Waals surface area contributed by atoms with Crippen molar-refractivity contribution < 1.29 is 9.13 Å². The van der Waals surface area contributed by atoms with Gasteiger partial charge in [0.05, 0.1) is 12.6 Å². The van der Waals surface area contributed by atoms with E-state index in [4.69, 9.17) is 10.5 Å². The number of hydrogen-bond donors (Lipinski definition) is 1. The minimum absolute atomic E-state index is 0.223. The van der Waals surface area contributed by atoms with E-state index in [1.165, 1.54) is 6.07 Å². The van der Waals surface area contributed by atoms with E-state index < -0.39 is 0 Å². The molecule has 0 fully saturated rings. The molecule has 0 amide bonds.